The smallest absolute Gasteiger partial charge is 0.0919 e. The molecule has 0 N–H and O–H groups in total. The minimum Gasteiger partial charge on any atom is -0.151 e. The van der Waals surface area contributed by atoms with Crippen LogP contribution in [0.3, 0.4) is 0 Å². The van der Waals surface area contributed by atoms with E-state index in [1.165, 1.54) is 199 Å². The van der Waals surface area contributed by atoms with Gasteiger partial charge in [0.1, 0.15) is 0 Å². The maximum absolute atomic E-state index is 11.2. The SMILES string of the molecule is CCCCCCCCCCCCCCCCCCC(CCCCCCCCCCCCCCCCC)N=O. The molecule has 38 heavy (non-hydrogen) atoms. The molecule has 0 rings (SSSR count). The first-order chi connectivity index (χ1) is 18.8. The van der Waals surface area contributed by atoms with E-state index >= 15 is 0 Å². The van der Waals surface area contributed by atoms with Crippen LogP contribution < -0.4 is 0 Å². The van der Waals surface area contributed by atoms with Gasteiger partial charge in [-0.15, -0.1) is 0 Å². The molecule has 0 aromatic heterocycles. The van der Waals surface area contributed by atoms with Crippen molar-refractivity contribution >= 4 is 0 Å². The van der Waals surface area contributed by atoms with Gasteiger partial charge in [-0.25, -0.2) is 0 Å². The first-order valence-corrected chi connectivity index (χ1v) is 18.2. The van der Waals surface area contributed by atoms with E-state index in [-0.39, 0.29) is 6.04 Å². The van der Waals surface area contributed by atoms with E-state index < -0.39 is 0 Å². The summed E-state index contributed by atoms with van der Waals surface area (Å²) in [7, 11) is 0. The van der Waals surface area contributed by atoms with Crippen LogP contribution in [-0.4, -0.2) is 6.04 Å². The summed E-state index contributed by atoms with van der Waals surface area (Å²) >= 11 is 0. The molecule has 0 aliphatic heterocycles. The van der Waals surface area contributed by atoms with Crippen molar-refractivity contribution in [2.75, 3.05) is 0 Å². The molecule has 0 saturated carbocycles. The van der Waals surface area contributed by atoms with Gasteiger partial charge in [0.15, 0.2) is 0 Å². The van der Waals surface area contributed by atoms with Gasteiger partial charge >= 0.3 is 0 Å². The van der Waals surface area contributed by atoms with Crippen LogP contribution in [0.5, 0.6) is 0 Å². The van der Waals surface area contributed by atoms with Crippen LogP contribution in [0.2, 0.25) is 0 Å². The Morgan fingerprint density at radius 1 is 0.316 bits per heavy atom. The predicted octanol–water partition coefficient (Wildman–Crippen LogP) is 14.0. The van der Waals surface area contributed by atoms with E-state index in [1.807, 2.05) is 0 Å². The summed E-state index contributed by atoms with van der Waals surface area (Å²) in [6, 6.07) is 0.0867. The van der Waals surface area contributed by atoms with Gasteiger partial charge in [-0.3, -0.25) is 0 Å². The summed E-state index contributed by atoms with van der Waals surface area (Å²) in [6.07, 6.45) is 45.5. The second-order valence-electron chi connectivity index (χ2n) is 12.6. The summed E-state index contributed by atoms with van der Waals surface area (Å²) in [5.41, 5.74) is 0. The molecular formula is C36H73NO. The molecule has 2 nitrogen and oxygen atoms in total. The molecule has 0 aromatic rings. The zero-order chi connectivity index (χ0) is 27.6. The minimum atomic E-state index is 0.0867. The van der Waals surface area contributed by atoms with E-state index in [9.17, 15) is 4.91 Å². The van der Waals surface area contributed by atoms with Crippen molar-refractivity contribution in [1.82, 2.24) is 0 Å². The molecule has 1 unspecified atom stereocenters. The number of nitroso groups, excluding NO2 is 1. The van der Waals surface area contributed by atoms with Crippen LogP contribution >= 0.6 is 0 Å². The summed E-state index contributed by atoms with van der Waals surface area (Å²) in [5.74, 6) is 0. The Morgan fingerprint density at radius 2 is 0.500 bits per heavy atom. The van der Waals surface area contributed by atoms with Crippen LogP contribution in [0.1, 0.15) is 226 Å². The third kappa shape index (κ3) is 31.8. The Hall–Kier alpha value is -0.400. The zero-order valence-electron chi connectivity index (χ0n) is 26.8. The highest BCUT2D eigenvalue weighted by atomic mass is 16.3. The molecule has 0 saturated heterocycles. The zero-order valence-corrected chi connectivity index (χ0v) is 26.8. The average Bonchev–Trinajstić information content (AvgIpc) is 2.93. The lowest BCUT2D eigenvalue weighted by Crippen LogP contribution is -2.03. The van der Waals surface area contributed by atoms with E-state index in [0.717, 1.165) is 12.8 Å². The fraction of sp³-hybridized carbons (Fsp3) is 1.00. The first kappa shape index (κ1) is 37.6. The Kier molecular flexibility index (Phi) is 34.3. The van der Waals surface area contributed by atoms with Gasteiger partial charge in [0.2, 0.25) is 0 Å². The molecule has 0 radical (unpaired) electrons. The van der Waals surface area contributed by atoms with E-state index in [4.69, 9.17) is 0 Å². The third-order valence-corrected chi connectivity index (χ3v) is 8.68. The van der Waals surface area contributed by atoms with E-state index in [0.29, 0.717) is 0 Å². The molecule has 0 fully saturated rings. The molecule has 0 heterocycles. The largest absolute Gasteiger partial charge is 0.151 e. The highest BCUT2D eigenvalue weighted by molar-refractivity contribution is 4.66. The Labute approximate surface area is 241 Å². The van der Waals surface area contributed by atoms with E-state index in [2.05, 4.69) is 19.0 Å². The summed E-state index contributed by atoms with van der Waals surface area (Å²) in [5, 5.41) is 3.45. The molecule has 0 amide bonds. The van der Waals surface area contributed by atoms with E-state index in [1.54, 1.807) is 0 Å². The fourth-order valence-electron chi connectivity index (χ4n) is 5.93. The quantitative estimate of drug-likeness (QED) is 0.0595. The van der Waals surface area contributed by atoms with Crippen molar-refractivity contribution in [2.45, 2.75) is 232 Å². The van der Waals surface area contributed by atoms with Crippen LogP contribution in [0.25, 0.3) is 0 Å². The van der Waals surface area contributed by atoms with Crippen LogP contribution in [-0.2, 0) is 0 Å². The van der Waals surface area contributed by atoms with Crippen molar-refractivity contribution in [2.24, 2.45) is 5.18 Å². The second-order valence-corrected chi connectivity index (χ2v) is 12.6. The monoisotopic (exact) mass is 536 g/mol. The normalized spacial score (nSPS) is 12.3. The maximum Gasteiger partial charge on any atom is 0.0919 e. The Bertz CT molecular complexity index is 424. The van der Waals surface area contributed by atoms with Gasteiger partial charge in [0, 0.05) is 0 Å². The molecule has 0 aliphatic carbocycles. The van der Waals surface area contributed by atoms with Crippen molar-refractivity contribution in [1.29, 1.82) is 0 Å². The third-order valence-electron chi connectivity index (χ3n) is 8.68. The number of hydrogen-bond acceptors (Lipinski definition) is 2. The fourth-order valence-corrected chi connectivity index (χ4v) is 5.93. The van der Waals surface area contributed by atoms with Crippen molar-refractivity contribution in [3.63, 3.8) is 0 Å². The van der Waals surface area contributed by atoms with Gasteiger partial charge in [-0.1, -0.05) is 218 Å². The van der Waals surface area contributed by atoms with Crippen molar-refractivity contribution < 1.29 is 0 Å². The number of rotatable bonds is 34. The van der Waals surface area contributed by atoms with Gasteiger partial charge in [0.25, 0.3) is 0 Å². The average molecular weight is 536 g/mol. The molecule has 228 valence electrons. The van der Waals surface area contributed by atoms with Gasteiger partial charge in [-0.2, -0.15) is 4.91 Å². The van der Waals surface area contributed by atoms with Crippen molar-refractivity contribution in [3.05, 3.63) is 4.91 Å². The molecule has 1 atom stereocenters. The summed E-state index contributed by atoms with van der Waals surface area (Å²) in [4.78, 5) is 11.2. The number of hydrogen-bond donors (Lipinski definition) is 0. The molecule has 2 heteroatoms. The first-order valence-electron chi connectivity index (χ1n) is 18.2. The predicted molar refractivity (Wildman–Crippen MR) is 173 cm³/mol. The Morgan fingerprint density at radius 3 is 0.684 bits per heavy atom. The molecule has 0 spiro atoms. The summed E-state index contributed by atoms with van der Waals surface area (Å²) < 4.78 is 0. The summed E-state index contributed by atoms with van der Waals surface area (Å²) in [6.45, 7) is 4.59. The lowest BCUT2D eigenvalue weighted by atomic mass is 10.00. The maximum atomic E-state index is 11.2. The number of nitrogens with zero attached hydrogens (tertiary/aromatic N) is 1. The highest BCUT2D eigenvalue weighted by Gasteiger charge is 2.08. The van der Waals surface area contributed by atoms with Gasteiger partial charge in [-0.05, 0) is 12.8 Å². The molecule has 0 aromatic carbocycles. The Balaban J connectivity index is 3.25. The highest BCUT2D eigenvalue weighted by Crippen LogP contribution is 2.18. The molecule has 0 aliphatic rings. The van der Waals surface area contributed by atoms with Gasteiger partial charge in [0.05, 0.1) is 6.04 Å². The topological polar surface area (TPSA) is 29.4 Å². The molecular weight excluding hydrogens is 462 g/mol. The van der Waals surface area contributed by atoms with Crippen LogP contribution in [0.4, 0.5) is 0 Å². The van der Waals surface area contributed by atoms with Gasteiger partial charge < -0.3 is 0 Å². The minimum absolute atomic E-state index is 0.0867. The lowest BCUT2D eigenvalue weighted by Gasteiger charge is -2.09. The van der Waals surface area contributed by atoms with Crippen molar-refractivity contribution in [3.8, 4) is 0 Å². The van der Waals surface area contributed by atoms with Crippen LogP contribution in [0.15, 0.2) is 5.18 Å². The second kappa shape index (κ2) is 34.6. The number of unbranched alkanes of at least 4 members (excludes halogenated alkanes) is 29. The van der Waals surface area contributed by atoms with Crippen LogP contribution in [0, 0.1) is 4.91 Å². The standard InChI is InChI=1S/C36H73NO/c1-3-5-7-9-11-13-15-17-19-21-23-25-27-29-31-33-35-36(37-38)34-32-30-28-26-24-22-20-18-16-14-12-10-8-6-4-2/h36H,3-35H2,1-2H3. The lowest BCUT2D eigenvalue weighted by molar-refractivity contribution is 0.477. The molecule has 0 bridgehead atoms.